The van der Waals surface area contributed by atoms with Gasteiger partial charge in [0.1, 0.15) is 0 Å². The molecule has 1 aliphatic rings. The van der Waals surface area contributed by atoms with E-state index in [2.05, 4.69) is 11.6 Å². The normalized spacial score (nSPS) is 20.2. The van der Waals surface area contributed by atoms with Gasteiger partial charge in [-0.2, -0.15) is 11.8 Å². The fraction of sp³-hybridized carbons (Fsp3) is 1.00. The largest absolute Gasteiger partial charge is 0.317 e. The summed E-state index contributed by atoms with van der Waals surface area (Å²) in [6.07, 6.45) is 4.93. The molecule has 0 spiro atoms. The topological polar surface area (TPSA) is 49.4 Å². The molecule has 0 aromatic heterocycles. The molecule has 0 aliphatic carbocycles. The van der Waals surface area contributed by atoms with E-state index >= 15 is 0 Å². The second-order valence-electron chi connectivity index (χ2n) is 5.12. The van der Waals surface area contributed by atoms with E-state index in [4.69, 9.17) is 0 Å². The van der Waals surface area contributed by atoms with Gasteiger partial charge >= 0.3 is 0 Å². The molecule has 1 unspecified atom stereocenters. The van der Waals surface area contributed by atoms with Crippen molar-refractivity contribution >= 4 is 21.8 Å². The summed E-state index contributed by atoms with van der Waals surface area (Å²) in [4.78, 5) is 0. The molecular formula is C12H26N2O2S2. The van der Waals surface area contributed by atoms with Crippen LogP contribution >= 0.6 is 11.8 Å². The summed E-state index contributed by atoms with van der Waals surface area (Å²) >= 11 is 1.76. The zero-order valence-electron chi connectivity index (χ0n) is 11.7. The minimum absolute atomic E-state index is 0.101. The van der Waals surface area contributed by atoms with Crippen LogP contribution in [0.25, 0.3) is 0 Å². The van der Waals surface area contributed by atoms with E-state index in [9.17, 15) is 8.42 Å². The molecule has 1 heterocycles. The summed E-state index contributed by atoms with van der Waals surface area (Å²) in [7, 11) is -1.37. The van der Waals surface area contributed by atoms with Crippen LogP contribution in [-0.4, -0.2) is 56.7 Å². The molecule has 1 N–H and O–H groups in total. The van der Waals surface area contributed by atoms with Crippen molar-refractivity contribution in [2.45, 2.75) is 32.2 Å². The average Bonchev–Trinajstić information content (AvgIpc) is 2.35. The molecule has 1 saturated heterocycles. The number of rotatable bonds is 7. The number of sulfonamides is 1. The number of thioether (sulfide) groups is 1. The molecule has 18 heavy (non-hydrogen) atoms. The first kappa shape index (κ1) is 16.3. The van der Waals surface area contributed by atoms with Crippen LogP contribution in [0, 0.1) is 5.92 Å². The van der Waals surface area contributed by atoms with Crippen molar-refractivity contribution in [2.75, 3.05) is 37.9 Å². The molecule has 1 atom stereocenters. The van der Waals surface area contributed by atoms with Crippen molar-refractivity contribution in [1.29, 1.82) is 0 Å². The minimum Gasteiger partial charge on any atom is -0.317 e. The Morgan fingerprint density at radius 1 is 1.39 bits per heavy atom. The van der Waals surface area contributed by atoms with Crippen LogP contribution < -0.4 is 5.32 Å². The van der Waals surface area contributed by atoms with Gasteiger partial charge in [-0.05, 0) is 57.2 Å². The predicted octanol–water partition coefficient (Wildman–Crippen LogP) is 1.39. The van der Waals surface area contributed by atoms with Crippen LogP contribution in [0.3, 0.4) is 0 Å². The van der Waals surface area contributed by atoms with Gasteiger partial charge in [-0.1, -0.05) is 0 Å². The maximum atomic E-state index is 12.3. The maximum Gasteiger partial charge on any atom is 0.214 e. The summed E-state index contributed by atoms with van der Waals surface area (Å²) < 4.78 is 26.2. The third-order valence-electron chi connectivity index (χ3n) is 3.70. The number of nitrogens with one attached hydrogen (secondary N) is 1. The van der Waals surface area contributed by atoms with Gasteiger partial charge in [-0.3, -0.25) is 0 Å². The number of hydrogen-bond acceptors (Lipinski definition) is 4. The van der Waals surface area contributed by atoms with Crippen LogP contribution in [0.15, 0.2) is 0 Å². The predicted molar refractivity (Wildman–Crippen MR) is 79.6 cm³/mol. The van der Waals surface area contributed by atoms with Crippen molar-refractivity contribution in [3.63, 3.8) is 0 Å². The molecule has 0 aromatic carbocycles. The van der Waals surface area contributed by atoms with Gasteiger partial charge in [0.2, 0.25) is 10.0 Å². The Kier molecular flexibility index (Phi) is 6.98. The van der Waals surface area contributed by atoms with Crippen molar-refractivity contribution in [1.82, 2.24) is 9.62 Å². The molecule has 6 heteroatoms. The highest BCUT2D eigenvalue weighted by Gasteiger charge is 2.27. The van der Waals surface area contributed by atoms with Crippen molar-refractivity contribution in [3.8, 4) is 0 Å². The highest BCUT2D eigenvalue weighted by molar-refractivity contribution is 7.98. The molecule has 0 radical (unpaired) electrons. The van der Waals surface area contributed by atoms with Crippen LogP contribution in [0.2, 0.25) is 0 Å². The quantitative estimate of drug-likeness (QED) is 0.771. The Balaban J connectivity index is 2.50. The van der Waals surface area contributed by atoms with Gasteiger partial charge in [0, 0.05) is 13.1 Å². The van der Waals surface area contributed by atoms with E-state index < -0.39 is 10.0 Å². The Bertz CT molecular complexity index is 327. The summed E-state index contributed by atoms with van der Waals surface area (Å²) in [5.74, 6) is 1.65. The van der Waals surface area contributed by atoms with Gasteiger partial charge in [0.05, 0.1) is 5.75 Å². The maximum absolute atomic E-state index is 12.3. The molecule has 1 rings (SSSR count). The van der Waals surface area contributed by atoms with Crippen molar-refractivity contribution < 1.29 is 8.42 Å². The van der Waals surface area contributed by atoms with Crippen molar-refractivity contribution in [3.05, 3.63) is 0 Å². The molecule has 4 nitrogen and oxygen atoms in total. The standard InChI is InChI=1S/C12H26N2O2S2/c1-11(6-9-17-3)14(2)18(15,16)10-12-4-7-13-8-5-12/h11-13H,4-10H2,1-3H3. The van der Waals surface area contributed by atoms with Crippen LogP contribution in [0.5, 0.6) is 0 Å². The lowest BCUT2D eigenvalue weighted by Gasteiger charge is -2.28. The second-order valence-corrected chi connectivity index (χ2v) is 8.18. The van der Waals surface area contributed by atoms with Gasteiger partial charge in [-0.15, -0.1) is 0 Å². The zero-order chi connectivity index (χ0) is 13.6. The number of hydrogen-bond donors (Lipinski definition) is 1. The summed E-state index contributed by atoms with van der Waals surface area (Å²) in [5, 5.41) is 3.27. The molecule has 1 aliphatic heterocycles. The van der Waals surface area contributed by atoms with Crippen molar-refractivity contribution in [2.24, 2.45) is 5.92 Å². The van der Waals surface area contributed by atoms with Gasteiger partial charge in [0.15, 0.2) is 0 Å². The Hall–Kier alpha value is 0.220. The fourth-order valence-electron chi connectivity index (χ4n) is 2.21. The summed E-state index contributed by atoms with van der Waals surface area (Å²) in [6, 6.07) is 0.101. The first-order valence-corrected chi connectivity index (χ1v) is 9.63. The second kappa shape index (κ2) is 7.72. The van der Waals surface area contributed by atoms with E-state index in [0.717, 1.165) is 38.1 Å². The SMILES string of the molecule is CSCCC(C)N(C)S(=O)(=O)CC1CCNCC1. The third kappa shape index (κ3) is 5.07. The molecule has 0 bridgehead atoms. The monoisotopic (exact) mass is 294 g/mol. The van der Waals surface area contributed by atoms with Crippen LogP contribution in [0.4, 0.5) is 0 Å². The highest BCUT2D eigenvalue weighted by Crippen LogP contribution is 2.18. The van der Waals surface area contributed by atoms with E-state index in [-0.39, 0.29) is 6.04 Å². The third-order valence-corrected chi connectivity index (χ3v) is 6.48. The number of nitrogens with zero attached hydrogens (tertiary/aromatic N) is 1. The number of piperidine rings is 1. The first-order valence-electron chi connectivity index (χ1n) is 6.62. The molecule has 0 amide bonds. The van der Waals surface area contributed by atoms with Gasteiger partial charge < -0.3 is 5.32 Å². The van der Waals surface area contributed by atoms with E-state index in [1.54, 1.807) is 23.1 Å². The molecule has 0 aromatic rings. The lowest BCUT2D eigenvalue weighted by Crippen LogP contribution is -2.40. The van der Waals surface area contributed by atoms with Crippen LogP contribution in [0.1, 0.15) is 26.2 Å². The summed E-state index contributed by atoms with van der Waals surface area (Å²) in [5.41, 5.74) is 0. The van der Waals surface area contributed by atoms with E-state index in [0.29, 0.717) is 11.7 Å². The zero-order valence-corrected chi connectivity index (χ0v) is 13.3. The minimum atomic E-state index is -3.09. The Labute approximate surface area is 116 Å². The summed E-state index contributed by atoms with van der Waals surface area (Å²) in [6.45, 7) is 3.90. The highest BCUT2D eigenvalue weighted by atomic mass is 32.2. The molecular weight excluding hydrogens is 268 g/mol. The molecule has 108 valence electrons. The molecule has 0 saturated carbocycles. The first-order chi connectivity index (χ1) is 8.47. The average molecular weight is 294 g/mol. The van der Waals surface area contributed by atoms with Crippen LogP contribution in [-0.2, 0) is 10.0 Å². The van der Waals surface area contributed by atoms with Gasteiger partial charge in [-0.25, -0.2) is 12.7 Å². The smallest absolute Gasteiger partial charge is 0.214 e. The fourth-order valence-corrected chi connectivity index (χ4v) is 4.60. The Morgan fingerprint density at radius 3 is 2.56 bits per heavy atom. The molecule has 1 fully saturated rings. The Morgan fingerprint density at radius 2 is 2.00 bits per heavy atom. The van der Waals surface area contributed by atoms with Gasteiger partial charge in [0.25, 0.3) is 0 Å². The lowest BCUT2D eigenvalue weighted by molar-refractivity contribution is 0.361. The van der Waals surface area contributed by atoms with E-state index in [1.165, 1.54) is 0 Å². The lowest BCUT2D eigenvalue weighted by atomic mass is 10.0. The van der Waals surface area contributed by atoms with E-state index in [1.807, 2.05) is 6.92 Å².